The summed E-state index contributed by atoms with van der Waals surface area (Å²) in [6.45, 7) is 8.04. The highest BCUT2D eigenvalue weighted by atomic mass is 15.1. The molecule has 28 heavy (non-hydrogen) atoms. The van der Waals surface area contributed by atoms with Gasteiger partial charge >= 0.3 is 0 Å². The van der Waals surface area contributed by atoms with E-state index in [0.29, 0.717) is 6.04 Å². The normalized spacial score (nSPS) is 15.6. The van der Waals surface area contributed by atoms with E-state index >= 15 is 0 Å². The average molecular weight is 382 g/mol. The Kier molecular flexibility index (Phi) is 7.80. The van der Waals surface area contributed by atoms with Gasteiger partial charge in [-0.2, -0.15) is 0 Å². The van der Waals surface area contributed by atoms with Crippen LogP contribution in [0.5, 0.6) is 0 Å². The molecule has 3 N–H and O–H groups in total. The molecule has 3 heterocycles. The highest BCUT2D eigenvalue weighted by Gasteiger charge is 2.17. The molecule has 0 radical (unpaired) electrons. The van der Waals surface area contributed by atoms with Crippen LogP contribution in [0.15, 0.2) is 30.6 Å². The van der Waals surface area contributed by atoms with Crippen molar-refractivity contribution in [2.75, 3.05) is 24.5 Å². The van der Waals surface area contributed by atoms with Gasteiger partial charge in [0.2, 0.25) is 0 Å². The average Bonchev–Trinajstić information content (AvgIpc) is 2.72. The zero-order chi connectivity index (χ0) is 19.8. The Bertz CT molecular complexity index is 740. The summed E-state index contributed by atoms with van der Waals surface area (Å²) >= 11 is 0. The molecule has 1 saturated heterocycles. The molecular weight excluding hydrogens is 346 g/mol. The topological polar surface area (TPSA) is 67.1 Å². The van der Waals surface area contributed by atoms with Crippen molar-refractivity contribution in [1.82, 2.24) is 15.3 Å². The number of hydrogen-bond acceptors (Lipinski definition) is 5. The van der Waals surface area contributed by atoms with Crippen LogP contribution >= 0.6 is 0 Å². The minimum absolute atomic E-state index is 0.355. The summed E-state index contributed by atoms with van der Waals surface area (Å²) in [6, 6.07) is 6.85. The number of hydrogen-bond donors (Lipinski definition) is 2. The Balaban J connectivity index is 1.68. The Morgan fingerprint density at radius 1 is 1.14 bits per heavy atom. The summed E-state index contributed by atoms with van der Waals surface area (Å²) in [4.78, 5) is 11.9. The molecule has 0 spiro atoms. The lowest BCUT2D eigenvalue weighted by Gasteiger charge is -2.30. The molecule has 0 aliphatic carbocycles. The van der Waals surface area contributed by atoms with Crippen LogP contribution in [0.2, 0.25) is 0 Å². The molecule has 2 aromatic heterocycles. The van der Waals surface area contributed by atoms with Crippen LogP contribution < -0.4 is 16.0 Å². The number of piperidine rings is 1. The van der Waals surface area contributed by atoms with Crippen molar-refractivity contribution in [2.24, 2.45) is 5.73 Å². The summed E-state index contributed by atoms with van der Waals surface area (Å²) in [5.41, 5.74) is 11.9. The summed E-state index contributed by atoms with van der Waals surface area (Å²) in [6.07, 6.45) is 10.8. The molecule has 3 rings (SSSR count). The van der Waals surface area contributed by atoms with E-state index in [1.54, 1.807) is 0 Å². The second-order valence-electron chi connectivity index (χ2n) is 8.01. The SMILES string of the molecule is Cc1cnc(CC(CCCN)NCc2ncccc2N2CCCCC2)c(C)c1. The van der Waals surface area contributed by atoms with Gasteiger partial charge in [0.15, 0.2) is 0 Å². The first kappa shape index (κ1) is 20.7. The molecule has 1 atom stereocenters. The zero-order valence-electron chi connectivity index (χ0n) is 17.5. The second-order valence-corrected chi connectivity index (χ2v) is 8.01. The van der Waals surface area contributed by atoms with Gasteiger partial charge in [-0.1, -0.05) is 6.07 Å². The van der Waals surface area contributed by atoms with Crippen LogP contribution in [-0.4, -0.2) is 35.6 Å². The molecule has 1 aliphatic heterocycles. The van der Waals surface area contributed by atoms with E-state index in [-0.39, 0.29) is 0 Å². The van der Waals surface area contributed by atoms with Gasteiger partial charge < -0.3 is 16.0 Å². The van der Waals surface area contributed by atoms with Crippen LogP contribution in [0, 0.1) is 13.8 Å². The quantitative estimate of drug-likeness (QED) is 0.696. The minimum atomic E-state index is 0.355. The van der Waals surface area contributed by atoms with E-state index in [2.05, 4.69) is 47.2 Å². The standard InChI is InChI=1S/C23H35N5/c1-18-14-19(2)21(27-16-18)15-20(8-6-10-24)26-17-22-23(9-7-11-25-22)28-12-4-3-5-13-28/h7,9,11,14,16,20,26H,3-6,8,10,12-13,15,17,24H2,1-2H3. The van der Waals surface area contributed by atoms with Gasteiger partial charge in [-0.3, -0.25) is 9.97 Å². The summed E-state index contributed by atoms with van der Waals surface area (Å²) < 4.78 is 0. The van der Waals surface area contributed by atoms with Gasteiger partial charge in [0.25, 0.3) is 0 Å². The monoisotopic (exact) mass is 381 g/mol. The summed E-state index contributed by atoms with van der Waals surface area (Å²) in [5, 5.41) is 3.76. The summed E-state index contributed by atoms with van der Waals surface area (Å²) in [5.74, 6) is 0. The Labute approximate surface area is 169 Å². The van der Waals surface area contributed by atoms with Crippen LogP contribution in [0.4, 0.5) is 5.69 Å². The number of aryl methyl sites for hydroxylation is 2. The van der Waals surface area contributed by atoms with Gasteiger partial charge in [0.05, 0.1) is 11.4 Å². The molecule has 1 unspecified atom stereocenters. The maximum absolute atomic E-state index is 5.79. The molecule has 152 valence electrons. The maximum atomic E-state index is 5.79. The number of nitrogens with one attached hydrogen (secondary N) is 1. The van der Waals surface area contributed by atoms with Crippen molar-refractivity contribution in [3.63, 3.8) is 0 Å². The first-order valence-electron chi connectivity index (χ1n) is 10.7. The molecule has 2 aromatic rings. The highest BCUT2D eigenvalue weighted by molar-refractivity contribution is 5.50. The fourth-order valence-corrected chi connectivity index (χ4v) is 4.06. The van der Waals surface area contributed by atoms with E-state index in [1.165, 1.54) is 41.8 Å². The zero-order valence-corrected chi connectivity index (χ0v) is 17.5. The van der Waals surface area contributed by atoms with Gasteiger partial charge in [0.1, 0.15) is 0 Å². The van der Waals surface area contributed by atoms with E-state index in [9.17, 15) is 0 Å². The first-order valence-corrected chi connectivity index (χ1v) is 10.7. The van der Waals surface area contributed by atoms with Crippen molar-refractivity contribution >= 4 is 5.69 Å². The number of aromatic nitrogens is 2. The summed E-state index contributed by atoms with van der Waals surface area (Å²) in [7, 11) is 0. The predicted octanol–water partition coefficient (Wildman–Crippen LogP) is 3.52. The molecular formula is C23H35N5. The van der Waals surface area contributed by atoms with Crippen molar-refractivity contribution in [2.45, 2.75) is 65.0 Å². The lowest BCUT2D eigenvalue weighted by molar-refractivity contribution is 0.458. The van der Waals surface area contributed by atoms with E-state index in [4.69, 9.17) is 10.7 Å². The van der Waals surface area contributed by atoms with Gasteiger partial charge in [0, 0.05) is 50.2 Å². The van der Waals surface area contributed by atoms with Crippen LogP contribution in [0.1, 0.15) is 54.6 Å². The van der Waals surface area contributed by atoms with Gasteiger partial charge in [-0.15, -0.1) is 0 Å². The number of rotatable bonds is 9. The molecule has 0 bridgehead atoms. The third kappa shape index (κ3) is 5.76. The van der Waals surface area contributed by atoms with Gasteiger partial charge in [-0.05, 0) is 75.8 Å². The molecule has 1 aliphatic rings. The molecule has 0 amide bonds. The predicted molar refractivity (Wildman–Crippen MR) is 117 cm³/mol. The second kappa shape index (κ2) is 10.5. The van der Waals surface area contributed by atoms with Crippen molar-refractivity contribution in [1.29, 1.82) is 0 Å². The van der Waals surface area contributed by atoms with Gasteiger partial charge in [-0.25, -0.2) is 0 Å². The van der Waals surface area contributed by atoms with Crippen LogP contribution in [0.25, 0.3) is 0 Å². The first-order chi connectivity index (χ1) is 13.7. The smallest absolute Gasteiger partial charge is 0.0774 e. The maximum Gasteiger partial charge on any atom is 0.0774 e. The molecule has 0 saturated carbocycles. The Hall–Kier alpha value is -1.98. The van der Waals surface area contributed by atoms with Crippen LogP contribution in [0.3, 0.4) is 0 Å². The number of pyridine rings is 2. The van der Waals surface area contributed by atoms with E-state index in [0.717, 1.165) is 51.1 Å². The van der Waals surface area contributed by atoms with Crippen molar-refractivity contribution < 1.29 is 0 Å². The lowest BCUT2D eigenvalue weighted by Crippen LogP contribution is -2.34. The number of nitrogens with two attached hydrogens (primary N) is 1. The number of nitrogens with zero attached hydrogens (tertiary/aromatic N) is 3. The van der Waals surface area contributed by atoms with E-state index < -0.39 is 0 Å². The number of anilines is 1. The third-order valence-electron chi connectivity index (χ3n) is 5.64. The van der Waals surface area contributed by atoms with E-state index in [1.807, 2.05) is 12.4 Å². The molecule has 1 fully saturated rings. The van der Waals surface area contributed by atoms with Crippen molar-refractivity contribution in [3.05, 3.63) is 53.1 Å². The van der Waals surface area contributed by atoms with Crippen molar-refractivity contribution in [3.8, 4) is 0 Å². The molecule has 0 aromatic carbocycles. The fourth-order valence-electron chi connectivity index (χ4n) is 4.06. The Morgan fingerprint density at radius 2 is 1.96 bits per heavy atom. The third-order valence-corrected chi connectivity index (χ3v) is 5.64. The van der Waals surface area contributed by atoms with Crippen LogP contribution in [-0.2, 0) is 13.0 Å². The largest absolute Gasteiger partial charge is 0.370 e. The highest BCUT2D eigenvalue weighted by Crippen LogP contribution is 2.23. The minimum Gasteiger partial charge on any atom is -0.370 e. The molecule has 5 heteroatoms. The Morgan fingerprint density at radius 3 is 2.71 bits per heavy atom. The fraction of sp³-hybridized carbons (Fsp3) is 0.565. The lowest BCUT2D eigenvalue weighted by atomic mass is 10.0. The molecule has 5 nitrogen and oxygen atoms in total.